The normalized spacial score (nSPS) is 23.3. The van der Waals surface area contributed by atoms with E-state index in [4.69, 9.17) is 17.0 Å². The van der Waals surface area contributed by atoms with Crippen LogP contribution in [0.5, 0.6) is 5.75 Å². The van der Waals surface area contributed by atoms with Gasteiger partial charge in [-0.3, -0.25) is 9.69 Å². The summed E-state index contributed by atoms with van der Waals surface area (Å²) in [5.41, 5.74) is 4.89. The number of anilines is 2. The first-order valence-corrected chi connectivity index (χ1v) is 11.5. The molecule has 3 aromatic carbocycles. The maximum Gasteiger partial charge on any atom is 0.236 e. The van der Waals surface area contributed by atoms with Crippen LogP contribution in [0, 0.1) is 26.7 Å². The molecule has 33 heavy (non-hydrogen) atoms. The number of fused-ring (bicyclic) bond motifs is 4. The molecule has 2 N–H and O–H groups in total. The molecule has 0 saturated carbocycles. The number of carbonyl (C=O) groups is 1. The van der Waals surface area contributed by atoms with Crippen molar-refractivity contribution >= 4 is 34.6 Å². The van der Waals surface area contributed by atoms with E-state index in [1.165, 1.54) is 0 Å². The Morgan fingerprint density at radius 1 is 1.03 bits per heavy atom. The molecule has 3 aromatic rings. The maximum absolute atomic E-state index is 13.9. The average molecular weight is 458 g/mol. The van der Waals surface area contributed by atoms with Crippen LogP contribution >= 0.6 is 12.2 Å². The van der Waals surface area contributed by atoms with Gasteiger partial charge in [-0.1, -0.05) is 53.6 Å². The molecule has 2 aliphatic rings. The molecule has 168 valence electrons. The van der Waals surface area contributed by atoms with Crippen LogP contribution in [0.2, 0.25) is 0 Å². The Hall–Kier alpha value is -3.38. The topological polar surface area (TPSA) is 53.6 Å². The molecule has 3 atom stereocenters. The van der Waals surface area contributed by atoms with Crippen molar-refractivity contribution < 1.29 is 9.53 Å². The fourth-order valence-corrected chi connectivity index (χ4v) is 5.45. The molecule has 2 bridgehead atoms. The predicted octanol–water partition coefficient (Wildman–Crippen LogP) is 5.41. The minimum absolute atomic E-state index is 0.113. The van der Waals surface area contributed by atoms with E-state index in [0.29, 0.717) is 5.11 Å². The first-order valence-electron chi connectivity index (χ1n) is 11.1. The molecule has 1 fully saturated rings. The molecule has 0 aromatic heterocycles. The zero-order valence-electron chi connectivity index (χ0n) is 19.2. The maximum atomic E-state index is 13.9. The highest BCUT2D eigenvalue weighted by Gasteiger charge is 2.59. The van der Waals surface area contributed by atoms with Crippen LogP contribution in [-0.4, -0.2) is 16.7 Å². The molecule has 2 heterocycles. The van der Waals surface area contributed by atoms with Crippen LogP contribution in [0.4, 0.5) is 11.4 Å². The van der Waals surface area contributed by atoms with Gasteiger partial charge in [0.25, 0.3) is 0 Å². The van der Waals surface area contributed by atoms with E-state index in [9.17, 15) is 4.79 Å². The Labute approximate surface area is 199 Å². The van der Waals surface area contributed by atoms with Gasteiger partial charge in [-0.15, -0.1) is 0 Å². The molecular weight excluding hydrogens is 430 g/mol. The fourth-order valence-electron chi connectivity index (χ4n) is 5.03. The smallest absolute Gasteiger partial charge is 0.236 e. The summed E-state index contributed by atoms with van der Waals surface area (Å²) in [7, 11) is 0. The summed E-state index contributed by atoms with van der Waals surface area (Å²) in [5.74, 6) is 0.0940. The van der Waals surface area contributed by atoms with Crippen molar-refractivity contribution in [1.29, 1.82) is 0 Å². The Bertz CT molecular complexity index is 1260. The van der Waals surface area contributed by atoms with Crippen molar-refractivity contribution in [2.75, 3.05) is 10.2 Å². The number of aryl methyl sites for hydroxylation is 3. The second kappa shape index (κ2) is 7.89. The lowest BCUT2D eigenvalue weighted by molar-refractivity contribution is -0.130. The fraction of sp³-hybridized carbons (Fsp3) is 0.259. The Morgan fingerprint density at radius 2 is 1.73 bits per heavy atom. The number of thiocarbonyl (C=S) groups is 1. The highest BCUT2D eigenvalue weighted by molar-refractivity contribution is 7.80. The molecule has 0 aliphatic carbocycles. The van der Waals surface area contributed by atoms with Gasteiger partial charge < -0.3 is 15.4 Å². The van der Waals surface area contributed by atoms with Gasteiger partial charge in [-0.2, -0.15) is 0 Å². The largest absolute Gasteiger partial charge is 0.467 e. The van der Waals surface area contributed by atoms with E-state index in [0.717, 1.165) is 39.4 Å². The standard InChI is InChI=1S/C27H27N3O2S/c1-16-10-12-21(18(3)14-16)28-25(31)23-24-20-15-17(2)11-13-22(20)32-27(23,4)30(26(33)29-24)19-8-6-5-7-9-19/h5-15,23-24H,1-4H3,(H,28,31)(H,29,33)/t23-,24+,27+/m1/s1. The number of hydrogen-bond acceptors (Lipinski definition) is 3. The first-order chi connectivity index (χ1) is 15.8. The van der Waals surface area contributed by atoms with Gasteiger partial charge in [0.1, 0.15) is 11.7 Å². The number of nitrogens with zero attached hydrogens (tertiary/aromatic N) is 1. The van der Waals surface area contributed by atoms with E-state index in [1.807, 2.05) is 87.2 Å². The first kappa shape index (κ1) is 21.5. The van der Waals surface area contributed by atoms with Gasteiger partial charge >= 0.3 is 0 Å². The van der Waals surface area contributed by atoms with E-state index in [-0.39, 0.29) is 11.9 Å². The molecule has 2 aliphatic heterocycles. The predicted molar refractivity (Wildman–Crippen MR) is 136 cm³/mol. The average Bonchev–Trinajstić information content (AvgIpc) is 2.76. The third-order valence-electron chi connectivity index (χ3n) is 6.59. The number of benzene rings is 3. The van der Waals surface area contributed by atoms with E-state index in [1.54, 1.807) is 0 Å². The lowest BCUT2D eigenvalue weighted by atomic mass is 9.78. The summed E-state index contributed by atoms with van der Waals surface area (Å²) in [6, 6.07) is 21.6. The Balaban J connectivity index is 1.63. The number of para-hydroxylation sites is 1. The lowest BCUT2D eigenvalue weighted by Gasteiger charge is -2.56. The number of nitrogens with one attached hydrogen (secondary N) is 2. The summed E-state index contributed by atoms with van der Waals surface area (Å²) in [6.45, 7) is 8.04. The summed E-state index contributed by atoms with van der Waals surface area (Å²) in [5, 5.41) is 7.16. The van der Waals surface area contributed by atoms with Crippen molar-refractivity contribution in [3.05, 3.63) is 89.0 Å². The number of hydrogen-bond donors (Lipinski definition) is 2. The summed E-state index contributed by atoms with van der Waals surface area (Å²) in [4.78, 5) is 15.8. The van der Waals surface area contributed by atoms with Crippen LogP contribution in [-0.2, 0) is 4.79 Å². The molecule has 1 amide bonds. The highest BCUT2D eigenvalue weighted by atomic mass is 32.1. The number of amides is 1. The minimum Gasteiger partial charge on any atom is -0.467 e. The molecule has 6 heteroatoms. The Morgan fingerprint density at radius 3 is 2.45 bits per heavy atom. The van der Waals surface area contributed by atoms with Crippen molar-refractivity contribution in [3.63, 3.8) is 0 Å². The van der Waals surface area contributed by atoms with Crippen molar-refractivity contribution in [2.24, 2.45) is 5.92 Å². The molecule has 0 radical (unpaired) electrons. The van der Waals surface area contributed by atoms with Gasteiger partial charge in [0, 0.05) is 16.9 Å². The Kier molecular flexibility index (Phi) is 5.13. The van der Waals surface area contributed by atoms with E-state index < -0.39 is 11.6 Å². The molecular formula is C27H27N3O2S. The van der Waals surface area contributed by atoms with Crippen LogP contribution in [0.3, 0.4) is 0 Å². The number of ether oxygens (including phenoxy) is 1. The van der Waals surface area contributed by atoms with E-state index in [2.05, 4.69) is 22.8 Å². The SMILES string of the molecule is Cc1ccc(NC(=O)[C@H]2[C@H]3NC(=S)N(c4ccccc4)[C@@]2(C)Oc2ccc(C)cc23)c(C)c1. The van der Waals surface area contributed by atoms with Crippen LogP contribution < -0.4 is 20.3 Å². The molecule has 5 nitrogen and oxygen atoms in total. The zero-order valence-corrected chi connectivity index (χ0v) is 20.0. The number of carbonyl (C=O) groups excluding carboxylic acids is 1. The van der Waals surface area contributed by atoms with Gasteiger partial charge in [0.15, 0.2) is 10.8 Å². The zero-order chi connectivity index (χ0) is 23.3. The summed E-state index contributed by atoms with van der Waals surface area (Å²) in [6.07, 6.45) is 0. The molecule has 5 rings (SSSR count). The lowest BCUT2D eigenvalue weighted by Crippen LogP contribution is -2.72. The quantitative estimate of drug-likeness (QED) is 0.515. The summed E-state index contributed by atoms with van der Waals surface area (Å²) < 4.78 is 6.64. The monoisotopic (exact) mass is 457 g/mol. The molecule has 1 saturated heterocycles. The molecule has 0 spiro atoms. The van der Waals surface area contributed by atoms with Crippen molar-refractivity contribution in [2.45, 2.75) is 39.5 Å². The molecule has 0 unspecified atom stereocenters. The number of rotatable bonds is 3. The van der Waals surface area contributed by atoms with Crippen molar-refractivity contribution in [3.8, 4) is 5.75 Å². The van der Waals surface area contributed by atoms with Gasteiger partial charge in [0.2, 0.25) is 5.91 Å². The second-order valence-corrected chi connectivity index (χ2v) is 9.47. The van der Waals surface area contributed by atoms with Crippen LogP contribution in [0.25, 0.3) is 0 Å². The third-order valence-corrected chi connectivity index (χ3v) is 6.89. The van der Waals surface area contributed by atoms with Gasteiger partial charge in [-0.25, -0.2) is 0 Å². The van der Waals surface area contributed by atoms with Gasteiger partial charge in [0.05, 0.1) is 6.04 Å². The minimum atomic E-state index is -1.01. The van der Waals surface area contributed by atoms with Crippen LogP contribution in [0.1, 0.15) is 35.2 Å². The van der Waals surface area contributed by atoms with E-state index >= 15 is 0 Å². The van der Waals surface area contributed by atoms with Crippen molar-refractivity contribution in [1.82, 2.24) is 5.32 Å². The second-order valence-electron chi connectivity index (χ2n) is 9.08. The van der Waals surface area contributed by atoms with Crippen LogP contribution in [0.15, 0.2) is 66.7 Å². The summed E-state index contributed by atoms with van der Waals surface area (Å²) >= 11 is 5.80. The third kappa shape index (κ3) is 3.55. The van der Waals surface area contributed by atoms with Gasteiger partial charge in [-0.05, 0) is 69.7 Å². The highest BCUT2D eigenvalue weighted by Crippen LogP contribution is 2.50.